The minimum atomic E-state index is -1.16. The number of carbonyl (C=O) groups excluding carboxylic acids is 1. The van der Waals surface area contributed by atoms with Crippen molar-refractivity contribution in [2.45, 2.75) is 32.7 Å². The van der Waals surface area contributed by atoms with E-state index in [2.05, 4.69) is 0 Å². The first-order valence-corrected chi connectivity index (χ1v) is 6.67. The van der Waals surface area contributed by atoms with Crippen LogP contribution in [0.4, 0.5) is 0 Å². The standard InChI is InChI=1S/C14H19NO6/c1-3-9(2)12(14(19)20)15(7-6-11(16)17)13(18)10-5-4-8-21-10/h4-5,8-9,12H,3,6-7H2,1-2H3,(H,16,17)(H,19,20). The summed E-state index contributed by atoms with van der Waals surface area (Å²) in [5.41, 5.74) is 0. The summed E-state index contributed by atoms with van der Waals surface area (Å²) >= 11 is 0. The van der Waals surface area contributed by atoms with Crippen LogP contribution in [0.25, 0.3) is 0 Å². The van der Waals surface area contributed by atoms with Crippen molar-refractivity contribution in [1.29, 1.82) is 0 Å². The van der Waals surface area contributed by atoms with E-state index >= 15 is 0 Å². The van der Waals surface area contributed by atoms with Crippen LogP contribution in [0.3, 0.4) is 0 Å². The van der Waals surface area contributed by atoms with Gasteiger partial charge in [-0.3, -0.25) is 9.59 Å². The van der Waals surface area contributed by atoms with Crippen LogP contribution >= 0.6 is 0 Å². The highest BCUT2D eigenvalue weighted by molar-refractivity contribution is 5.94. The smallest absolute Gasteiger partial charge is 0.326 e. The van der Waals surface area contributed by atoms with E-state index in [4.69, 9.17) is 9.52 Å². The van der Waals surface area contributed by atoms with Gasteiger partial charge in [-0.2, -0.15) is 0 Å². The predicted molar refractivity (Wildman–Crippen MR) is 72.9 cm³/mol. The molecule has 0 saturated carbocycles. The van der Waals surface area contributed by atoms with E-state index in [-0.39, 0.29) is 24.6 Å². The predicted octanol–water partition coefficient (Wildman–Crippen LogP) is 1.70. The molecule has 1 amide bonds. The molecule has 0 saturated heterocycles. The van der Waals surface area contributed by atoms with Crippen LogP contribution in [0.5, 0.6) is 0 Å². The van der Waals surface area contributed by atoms with Crippen LogP contribution in [0.1, 0.15) is 37.2 Å². The molecule has 0 bridgehead atoms. The van der Waals surface area contributed by atoms with Gasteiger partial charge in [0.05, 0.1) is 12.7 Å². The van der Waals surface area contributed by atoms with Gasteiger partial charge >= 0.3 is 11.9 Å². The minimum Gasteiger partial charge on any atom is -0.481 e. The zero-order chi connectivity index (χ0) is 16.0. The Labute approximate surface area is 122 Å². The summed E-state index contributed by atoms with van der Waals surface area (Å²) in [7, 11) is 0. The van der Waals surface area contributed by atoms with Crippen molar-refractivity contribution in [3.63, 3.8) is 0 Å². The Morgan fingerprint density at radius 3 is 2.43 bits per heavy atom. The molecule has 7 heteroatoms. The molecule has 0 spiro atoms. The van der Waals surface area contributed by atoms with Gasteiger partial charge in [0.25, 0.3) is 5.91 Å². The quantitative estimate of drug-likeness (QED) is 0.756. The second kappa shape index (κ2) is 7.47. The van der Waals surface area contributed by atoms with E-state index in [1.54, 1.807) is 6.92 Å². The van der Waals surface area contributed by atoms with Crippen molar-refractivity contribution in [3.05, 3.63) is 24.2 Å². The lowest BCUT2D eigenvalue weighted by Crippen LogP contribution is -2.49. The van der Waals surface area contributed by atoms with Crippen LogP contribution in [0.2, 0.25) is 0 Å². The first-order valence-electron chi connectivity index (χ1n) is 6.67. The van der Waals surface area contributed by atoms with Crippen molar-refractivity contribution >= 4 is 17.8 Å². The fourth-order valence-electron chi connectivity index (χ4n) is 2.03. The molecule has 1 aromatic heterocycles. The molecule has 2 atom stereocenters. The molecule has 21 heavy (non-hydrogen) atoms. The van der Waals surface area contributed by atoms with Crippen LogP contribution in [0, 0.1) is 5.92 Å². The molecular weight excluding hydrogens is 278 g/mol. The molecule has 0 aromatic carbocycles. The molecule has 7 nitrogen and oxygen atoms in total. The average Bonchev–Trinajstić information content (AvgIpc) is 2.95. The summed E-state index contributed by atoms with van der Waals surface area (Å²) in [5.74, 6) is -3.19. The largest absolute Gasteiger partial charge is 0.481 e. The summed E-state index contributed by atoms with van der Waals surface area (Å²) in [6.45, 7) is 3.34. The van der Waals surface area contributed by atoms with Crippen molar-refractivity contribution in [3.8, 4) is 0 Å². The Hall–Kier alpha value is -2.31. The Balaban J connectivity index is 3.07. The molecule has 0 aliphatic rings. The van der Waals surface area contributed by atoms with E-state index in [0.717, 1.165) is 4.90 Å². The van der Waals surface area contributed by atoms with Crippen LogP contribution in [-0.4, -0.2) is 45.5 Å². The number of aliphatic carboxylic acids is 2. The van der Waals surface area contributed by atoms with Gasteiger partial charge < -0.3 is 19.5 Å². The van der Waals surface area contributed by atoms with Gasteiger partial charge in [-0.1, -0.05) is 20.3 Å². The first kappa shape index (κ1) is 16.7. The molecule has 1 aromatic rings. The third-order valence-electron chi connectivity index (χ3n) is 3.33. The summed E-state index contributed by atoms with van der Waals surface area (Å²) < 4.78 is 4.99. The third-order valence-corrected chi connectivity index (χ3v) is 3.33. The number of amides is 1. The van der Waals surface area contributed by atoms with Crippen LogP contribution in [-0.2, 0) is 9.59 Å². The lowest BCUT2D eigenvalue weighted by Gasteiger charge is -2.31. The summed E-state index contributed by atoms with van der Waals surface area (Å²) in [6, 6.07) is 1.85. The molecule has 116 valence electrons. The van der Waals surface area contributed by atoms with Crippen molar-refractivity contribution < 1.29 is 29.0 Å². The highest BCUT2D eigenvalue weighted by Crippen LogP contribution is 2.19. The number of hydrogen-bond donors (Lipinski definition) is 2. The maximum Gasteiger partial charge on any atom is 0.326 e. The monoisotopic (exact) mass is 297 g/mol. The number of hydrogen-bond acceptors (Lipinski definition) is 4. The molecule has 0 radical (unpaired) electrons. The molecule has 1 heterocycles. The van der Waals surface area contributed by atoms with Gasteiger partial charge in [-0.15, -0.1) is 0 Å². The third kappa shape index (κ3) is 4.34. The van der Waals surface area contributed by atoms with Gasteiger partial charge in [0.1, 0.15) is 6.04 Å². The second-order valence-electron chi connectivity index (χ2n) is 4.79. The highest BCUT2D eigenvalue weighted by Gasteiger charge is 2.35. The highest BCUT2D eigenvalue weighted by atomic mass is 16.4. The number of nitrogens with zero attached hydrogens (tertiary/aromatic N) is 1. The van der Waals surface area contributed by atoms with Gasteiger partial charge in [0, 0.05) is 6.54 Å². The molecule has 2 unspecified atom stereocenters. The van der Waals surface area contributed by atoms with E-state index in [0.29, 0.717) is 6.42 Å². The molecule has 0 fully saturated rings. The van der Waals surface area contributed by atoms with E-state index in [1.165, 1.54) is 18.4 Å². The summed E-state index contributed by atoms with van der Waals surface area (Å²) in [4.78, 5) is 35.6. The van der Waals surface area contributed by atoms with Gasteiger partial charge in [-0.05, 0) is 18.1 Å². The normalized spacial score (nSPS) is 13.4. The van der Waals surface area contributed by atoms with Crippen LogP contribution in [0.15, 0.2) is 22.8 Å². The molecule has 0 aliphatic carbocycles. The van der Waals surface area contributed by atoms with E-state index in [1.807, 2.05) is 6.92 Å². The number of carboxylic acids is 2. The van der Waals surface area contributed by atoms with Crippen LogP contribution < -0.4 is 0 Å². The molecule has 2 N–H and O–H groups in total. The Kier molecular flexibility index (Phi) is 5.95. The average molecular weight is 297 g/mol. The maximum absolute atomic E-state index is 12.4. The number of carboxylic acid groups (broad SMARTS) is 2. The summed E-state index contributed by atoms with van der Waals surface area (Å²) in [6.07, 6.45) is 1.53. The van der Waals surface area contributed by atoms with Gasteiger partial charge in [-0.25, -0.2) is 4.79 Å². The van der Waals surface area contributed by atoms with E-state index in [9.17, 15) is 19.5 Å². The maximum atomic E-state index is 12.4. The topological polar surface area (TPSA) is 108 Å². The number of furan rings is 1. The van der Waals surface area contributed by atoms with Crippen molar-refractivity contribution in [1.82, 2.24) is 4.90 Å². The molecule has 0 aliphatic heterocycles. The lowest BCUT2D eigenvalue weighted by molar-refractivity contribution is -0.145. The lowest BCUT2D eigenvalue weighted by atomic mass is 9.97. The van der Waals surface area contributed by atoms with Crippen molar-refractivity contribution in [2.75, 3.05) is 6.54 Å². The van der Waals surface area contributed by atoms with Gasteiger partial charge in [0.2, 0.25) is 0 Å². The Morgan fingerprint density at radius 2 is 2.00 bits per heavy atom. The zero-order valence-electron chi connectivity index (χ0n) is 12.0. The Morgan fingerprint density at radius 1 is 1.33 bits per heavy atom. The first-order chi connectivity index (χ1) is 9.88. The number of carbonyl (C=O) groups is 3. The molecule has 1 rings (SSSR count). The molecular formula is C14H19NO6. The number of rotatable bonds is 8. The fraction of sp³-hybridized carbons (Fsp3) is 0.500. The summed E-state index contributed by atoms with van der Waals surface area (Å²) in [5, 5.41) is 18.2. The van der Waals surface area contributed by atoms with E-state index < -0.39 is 23.9 Å². The zero-order valence-corrected chi connectivity index (χ0v) is 12.0. The fourth-order valence-corrected chi connectivity index (χ4v) is 2.03. The minimum absolute atomic E-state index is 0.00468. The SMILES string of the molecule is CCC(C)C(C(=O)O)N(CCC(=O)O)C(=O)c1ccco1. The van der Waals surface area contributed by atoms with Crippen molar-refractivity contribution in [2.24, 2.45) is 5.92 Å². The van der Waals surface area contributed by atoms with Gasteiger partial charge in [0.15, 0.2) is 5.76 Å². The Bertz CT molecular complexity index is 496. The second-order valence-corrected chi connectivity index (χ2v) is 4.79.